The number of carbonyl (C=O) groups is 2. The first-order chi connectivity index (χ1) is 16.5. The minimum atomic E-state index is -0.879. The number of Topliss-reactive ketones (excluding diaryl/α,β-unsaturated/α-hetero) is 1. The van der Waals surface area contributed by atoms with Crippen LogP contribution < -0.4 is 9.64 Å². The van der Waals surface area contributed by atoms with Crippen molar-refractivity contribution in [1.29, 1.82) is 0 Å². The second kappa shape index (κ2) is 8.47. The van der Waals surface area contributed by atoms with E-state index in [-0.39, 0.29) is 17.3 Å². The van der Waals surface area contributed by atoms with E-state index < -0.39 is 17.7 Å². The van der Waals surface area contributed by atoms with Crippen LogP contribution in [0.15, 0.2) is 72.6 Å². The predicted molar refractivity (Wildman–Crippen MR) is 127 cm³/mol. The summed E-state index contributed by atoms with van der Waals surface area (Å²) < 4.78 is 5.58. The Morgan fingerprint density at radius 1 is 1.12 bits per heavy atom. The van der Waals surface area contributed by atoms with Crippen molar-refractivity contribution in [2.45, 2.75) is 19.9 Å². The number of hydrogen-bond donors (Lipinski definition) is 2. The van der Waals surface area contributed by atoms with Gasteiger partial charge in [0.15, 0.2) is 0 Å². The SMILES string of the molecule is CCOc1ccc(/C(O)=C2\C(=O)C(=O)N(c3nc4ccccc4[nH]3)C2c2ccncc2)cc1C. The Hall–Kier alpha value is -4.46. The molecule has 2 aromatic carbocycles. The molecular weight excluding hydrogens is 432 g/mol. The van der Waals surface area contributed by atoms with E-state index in [0.29, 0.717) is 29.0 Å². The quantitative estimate of drug-likeness (QED) is 0.265. The smallest absolute Gasteiger partial charge is 0.302 e. The van der Waals surface area contributed by atoms with E-state index in [4.69, 9.17) is 4.74 Å². The number of aliphatic hydroxyl groups excluding tert-OH is 1. The number of nitrogens with zero attached hydrogens (tertiary/aromatic N) is 3. The van der Waals surface area contributed by atoms with E-state index >= 15 is 0 Å². The number of rotatable bonds is 5. The number of H-pyrrole nitrogens is 1. The van der Waals surface area contributed by atoms with Crippen molar-refractivity contribution in [3.63, 3.8) is 0 Å². The Bertz CT molecular complexity index is 1410. The molecule has 170 valence electrons. The highest BCUT2D eigenvalue weighted by Gasteiger charge is 2.48. The molecule has 1 atom stereocenters. The van der Waals surface area contributed by atoms with Gasteiger partial charge in [-0.25, -0.2) is 4.98 Å². The van der Waals surface area contributed by atoms with Crippen LogP contribution in [0.25, 0.3) is 16.8 Å². The number of fused-ring (bicyclic) bond motifs is 1. The second-order valence-electron chi connectivity index (χ2n) is 7.94. The third kappa shape index (κ3) is 3.49. The number of aryl methyl sites for hydroxylation is 1. The lowest BCUT2D eigenvalue weighted by Gasteiger charge is -2.23. The fourth-order valence-electron chi connectivity index (χ4n) is 4.24. The van der Waals surface area contributed by atoms with Gasteiger partial charge in [-0.1, -0.05) is 12.1 Å². The molecule has 1 unspecified atom stereocenters. The van der Waals surface area contributed by atoms with Gasteiger partial charge in [0, 0.05) is 18.0 Å². The Kier molecular flexibility index (Phi) is 5.33. The van der Waals surface area contributed by atoms with Crippen LogP contribution >= 0.6 is 0 Å². The number of aromatic nitrogens is 3. The molecule has 1 aliphatic heterocycles. The van der Waals surface area contributed by atoms with Crippen molar-refractivity contribution in [2.75, 3.05) is 11.5 Å². The van der Waals surface area contributed by atoms with Crippen LogP contribution in [0.1, 0.15) is 29.7 Å². The second-order valence-corrected chi connectivity index (χ2v) is 7.94. The van der Waals surface area contributed by atoms with Gasteiger partial charge < -0.3 is 14.8 Å². The zero-order valence-corrected chi connectivity index (χ0v) is 18.6. The van der Waals surface area contributed by atoms with Gasteiger partial charge in [0.05, 0.1) is 29.3 Å². The number of ether oxygens (including phenoxy) is 1. The van der Waals surface area contributed by atoms with Crippen molar-refractivity contribution >= 4 is 34.4 Å². The molecule has 0 aliphatic carbocycles. The molecular formula is C26H22N4O4. The molecule has 8 nitrogen and oxygen atoms in total. The molecule has 0 spiro atoms. The molecule has 1 aliphatic rings. The molecule has 0 saturated carbocycles. The van der Waals surface area contributed by atoms with Crippen molar-refractivity contribution < 1.29 is 19.4 Å². The Labute approximate surface area is 195 Å². The van der Waals surface area contributed by atoms with Crippen LogP contribution in [0.5, 0.6) is 5.75 Å². The molecule has 4 aromatic rings. The first kappa shape index (κ1) is 21.4. The summed E-state index contributed by atoms with van der Waals surface area (Å²) in [5.41, 5.74) is 3.23. The van der Waals surface area contributed by atoms with Crippen molar-refractivity contribution in [3.05, 3.63) is 89.3 Å². The average Bonchev–Trinajstić information content (AvgIpc) is 3.39. The highest BCUT2D eigenvalue weighted by atomic mass is 16.5. The van der Waals surface area contributed by atoms with Crippen LogP contribution in [0.4, 0.5) is 5.95 Å². The highest BCUT2D eigenvalue weighted by molar-refractivity contribution is 6.51. The number of para-hydroxylation sites is 2. The minimum absolute atomic E-state index is 0.0137. The van der Waals surface area contributed by atoms with Crippen LogP contribution in [0, 0.1) is 6.92 Å². The van der Waals surface area contributed by atoms with Gasteiger partial charge in [-0.05, 0) is 67.4 Å². The lowest BCUT2D eigenvalue weighted by atomic mass is 9.95. The number of aliphatic hydroxyl groups is 1. The minimum Gasteiger partial charge on any atom is -0.507 e. The normalized spacial score (nSPS) is 17.5. The molecule has 2 aromatic heterocycles. The van der Waals surface area contributed by atoms with E-state index in [2.05, 4.69) is 15.0 Å². The summed E-state index contributed by atoms with van der Waals surface area (Å²) in [7, 11) is 0. The molecule has 1 saturated heterocycles. The zero-order chi connectivity index (χ0) is 23.8. The Balaban J connectivity index is 1.69. The number of carbonyl (C=O) groups excluding carboxylic acids is 2. The van der Waals surface area contributed by atoms with Crippen molar-refractivity contribution in [1.82, 2.24) is 15.0 Å². The van der Waals surface area contributed by atoms with Gasteiger partial charge in [0.2, 0.25) is 5.95 Å². The number of hydrogen-bond acceptors (Lipinski definition) is 6. The van der Waals surface area contributed by atoms with Crippen LogP contribution in [-0.2, 0) is 9.59 Å². The maximum Gasteiger partial charge on any atom is 0.302 e. The molecule has 34 heavy (non-hydrogen) atoms. The number of pyridine rings is 1. The molecule has 2 N–H and O–H groups in total. The van der Waals surface area contributed by atoms with E-state index in [0.717, 1.165) is 11.1 Å². The largest absolute Gasteiger partial charge is 0.507 e. The van der Waals surface area contributed by atoms with Crippen molar-refractivity contribution in [3.8, 4) is 5.75 Å². The first-order valence-electron chi connectivity index (χ1n) is 10.9. The summed E-state index contributed by atoms with van der Waals surface area (Å²) in [6.07, 6.45) is 3.16. The van der Waals surface area contributed by atoms with Gasteiger partial charge in [0.1, 0.15) is 11.5 Å². The predicted octanol–water partition coefficient (Wildman–Crippen LogP) is 4.29. The highest BCUT2D eigenvalue weighted by Crippen LogP contribution is 2.41. The third-order valence-corrected chi connectivity index (χ3v) is 5.82. The first-order valence-corrected chi connectivity index (χ1v) is 10.9. The number of amides is 1. The van der Waals surface area contributed by atoms with Gasteiger partial charge in [-0.3, -0.25) is 19.5 Å². The standard InChI is InChI=1S/C26H22N4O4/c1-3-34-20-9-8-17(14-15(20)2)23(31)21-22(16-10-12-27-13-11-16)30(25(33)24(21)32)26-28-18-6-4-5-7-19(18)29-26/h4-14,22,31H,3H2,1-2H3,(H,28,29)/b23-21+. The number of imidazole rings is 1. The van der Waals surface area contributed by atoms with Gasteiger partial charge in [-0.15, -0.1) is 0 Å². The fourth-order valence-corrected chi connectivity index (χ4v) is 4.24. The molecule has 0 bridgehead atoms. The molecule has 5 rings (SSSR count). The van der Waals surface area contributed by atoms with Gasteiger partial charge in [0.25, 0.3) is 5.78 Å². The molecule has 3 heterocycles. The summed E-state index contributed by atoms with van der Waals surface area (Å²) in [6, 6.07) is 15.0. The third-order valence-electron chi connectivity index (χ3n) is 5.82. The number of anilines is 1. The molecule has 1 amide bonds. The van der Waals surface area contributed by atoms with Crippen LogP contribution in [0.3, 0.4) is 0 Å². The molecule has 1 fully saturated rings. The number of ketones is 1. The van der Waals surface area contributed by atoms with E-state index in [1.807, 2.05) is 38.1 Å². The van der Waals surface area contributed by atoms with Gasteiger partial charge in [-0.2, -0.15) is 0 Å². The summed E-state index contributed by atoms with van der Waals surface area (Å²) in [4.78, 5) is 39.5. The maximum absolute atomic E-state index is 13.3. The Morgan fingerprint density at radius 3 is 2.59 bits per heavy atom. The van der Waals surface area contributed by atoms with E-state index in [9.17, 15) is 14.7 Å². The van der Waals surface area contributed by atoms with Crippen molar-refractivity contribution in [2.24, 2.45) is 0 Å². The Morgan fingerprint density at radius 2 is 1.88 bits per heavy atom. The number of nitrogens with one attached hydrogen (secondary N) is 1. The summed E-state index contributed by atoms with van der Waals surface area (Å²) in [5, 5.41) is 11.3. The summed E-state index contributed by atoms with van der Waals surface area (Å²) >= 11 is 0. The van der Waals surface area contributed by atoms with Crippen LogP contribution in [-0.4, -0.2) is 38.4 Å². The topological polar surface area (TPSA) is 108 Å². The summed E-state index contributed by atoms with van der Waals surface area (Å²) in [5.74, 6) is -0.902. The van der Waals surface area contributed by atoms with Crippen LogP contribution in [0.2, 0.25) is 0 Å². The van der Waals surface area contributed by atoms with Gasteiger partial charge >= 0.3 is 5.91 Å². The lowest BCUT2D eigenvalue weighted by molar-refractivity contribution is -0.132. The monoisotopic (exact) mass is 454 g/mol. The number of aromatic amines is 1. The maximum atomic E-state index is 13.3. The number of benzene rings is 2. The zero-order valence-electron chi connectivity index (χ0n) is 18.6. The molecule has 8 heteroatoms. The summed E-state index contributed by atoms with van der Waals surface area (Å²) in [6.45, 7) is 4.26. The lowest BCUT2D eigenvalue weighted by Crippen LogP contribution is -2.30. The van der Waals surface area contributed by atoms with E-state index in [1.54, 1.807) is 42.7 Å². The molecule has 0 radical (unpaired) electrons. The van der Waals surface area contributed by atoms with E-state index in [1.165, 1.54) is 4.90 Å². The fraction of sp³-hybridized carbons (Fsp3) is 0.154. The average molecular weight is 454 g/mol.